The third-order valence-electron chi connectivity index (χ3n) is 7.41. The normalized spacial score (nSPS) is 22.5. The van der Waals surface area contributed by atoms with Crippen LogP contribution in [0.4, 0.5) is 0 Å². The molecule has 1 heterocycles. The van der Waals surface area contributed by atoms with Crippen molar-refractivity contribution in [3.63, 3.8) is 0 Å². The van der Waals surface area contributed by atoms with Gasteiger partial charge in [0.05, 0.1) is 11.4 Å². The van der Waals surface area contributed by atoms with E-state index < -0.39 is 33.4 Å². The highest BCUT2D eigenvalue weighted by atomic mass is 32.2. The minimum absolute atomic E-state index is 0.0413. The van der Waals surface area contributed by atoms with Crippen molar-refractivity contribution in [3.05, 3.63) is 102 Å². The number of benzene rings is 3. The lowest BCUT2D eigenvalue weighted by atomic mass is 9.73. The monoisotopic (exact) mass is 519 g/mol. The van der Waals surface area contributed by atoms with Crippen molar-refractivity contribution in [2.24, 2.45) is 5.92 Å². The Labute approximate surface area is 219 Å². The van der Waals surface area contributed by atoms with Crippen molar-refractivity contribution >= 4 is 21.6 Å². The van der Waals surface area contributed by atoms with Gasteiger partial charge in [-0.15, -0.1) is 0 Å². The molecule has 0 unspecified atom stereocenters. The molecule has 0 aliphatic carbocycles. The van der Waals surface area contributed by atoms with Crippen LogP contribution in [0.5, 0.6) is 0 Å². The van der Waals surface area contributed by atoms with E-state index >= 15 is 0 Å². The summed E-state index contributed by atoms with van der Waals surface area (Å²) in [5.74, 6) is -1.42. The SMILES string of the molecule is CC(=O)[C@@]1(O)CN(S(=O)(=O)c2ccc(C)cc2)[C@@H](CCc2ccccc2)C[C@@H]1CC(=O)c1ccccc1. The van der Waals surface area contributed by atoms with E-state index in [0.717, 1.165) is 11.1 Å². The molecule has 0 spiro atoms. The molecule has 1 fully saturated rings. The molecule has 3 aromatic rings. The molecule has 7 heteroatoms. The number of aliphatic hydroxyl groups is 1. The lowest BCUT2D eigenvalue weighted by Crippen LogP contribution is -2.62. The second-order valence-electron chi connectivity index (χ2n) is 9.95. The fourth-order valence-electron chi connectivity index (χ4n) is 5.12. The number of piperidine rings is 1. The predicted octanol–water partition coefficient (Wildman–Crippen LogP) is 4.60. The maximum Gasteiger partial charge on any atom is 0.243 e. The smallest absolute Gasteiger partial charge is 0.243 e. The summed E-state index contributed by atoms with van der Waals surface area (Å²) in [4.78, 5) is 26.0. The highest BCUT2D eigenvalue weighted by Crippen LogP contribution is 2.39. The van der Waals surface area contributed by atoms with Crippen LogP contribution in [0.25, 0.3) is 0 Å². The van der Waals surface area contributed by atoms with Crippen LogP contribution in [0.2, 0.25) is 0 Å². The van der Waals surface area contributed by atoms with Gasteiger partial charge in [0.15, 0.2) is 11.6 Å². The third-order valence-corrected chi connectivity index (χ3v) is 9.32. The summed E-state index contributed by atoms with van der Waals surface area (Å²) in [6.07, 6.45) is 1.29. The molecule has 0 amide bonds. The highest BCUT2D eigenvalue weighted by Gasteiger charge is 2.52. The number of carbonyl (C=O) groups is 2. The molecule has 0 aromatic heterocycles. The first kappa shape index (κ1) is 26.9. The van der Waals surface area contributed by atoms with Crippen LogP contribution in [0.1, 0.15) is 47.7 Å². The summed E-state index contributed by atoms with van der Waals surface area (Å²) in [6.45, 7) is 2.76. The summed E-state index contributed by atoms with van der Waals surface area (Å²) < 4.78 is 28.9. The molecular formula is C30H33NO5S. The Morgan fingerprint density at radius 1 is 0.946 bits per heavy atom. The number of hydrogen-bond acceptors (Lipinski definition) is 5. The molecule has 6 nitrogen and oxygen atoms in total. The van der Waals surface area contributed by atoms with Crippen LogP contribution in [0, 0.1) is 12.8 Å². The average molecular weight is 520 g/mol. The maximum atomic E-state index is 13.8. The molecule has 4 rings (SSSR count). The zero-order valence-electron chi connectivity index (χ0n) is 21.2. The molecule has 3 aromatic carbocycles. The largest absolute Gasteiger partial charge is 0.380 e. The standard InChI is InChI=1S/C30H33NO5S/c1-22-13-17-28(18-14-22)37(35,36)31-21-30(34,23(2)32)26(20-29(33)25-11-7-4-8-12-25)19-27(31)16-15-24-9-5-3-6-10-24/h3-14,17-18,26-27,34H,15-16,19-21H2,1-2H3/t26-,27+,30+/m1/s1. The molecule has 0 radical (unpaired) electrons. The van der Waals surface area contributed by atoms with E-state index in [0.29, 0.717) is 18.4 Å². The van der Waals surface area contributed by atoms with Gasteiger partial charge in [-0.3, -0.25) is 9.59 Å². The lowest BCUT2D eigenvalue weighted by Gasteiger charge is -2.47. The number of carbonyl (C=O) groups excluding carboxylic acids is 2. The molecule has 3 atom stereocenters. The van der Waals surface area contributed by atoms with Crippen LogP contribution < -0.4 is 0 Å². The Morgan fingerprint density at radius 3 is 2.14 bits per heavy atom. The Balaban J connectivity index is 1.69. The molecule has 0 bridgehead atoms. The van der Waals surface area contributed by atoms with E-state index in [1.54, 1.807) is 48.5 Å². The first-order chi connectivity index (χ1) is 17.6. The van der Waals surface area contributed by atoms with Crippen LogP contribution >= 0.6 is 0 Å². The number of rotatable bonds is 9. The first-order valence-electron chi connectivity index (χ1n) is 12.6. The number of sulfonamides is 1. The van der Waals surface area contributed by atoms with E-state index in [1.165, 1.54) is 11.2 Å². The number of hydrogen-bond donors (Lipinski definition) is 1. The van der Waals surface area contributed by atoms with Gasteiger partial charge in [-0.1, -0.05) is 78.4 Å². The van der Waals surface area contributed by atoms with Crippen LogP contribution in [0.3, 0.4) is 0 Å². The second-order valence-corrected chi connectivity index (χ2v) is 11.8. The van der Waals surface area contributed by atoms with Crippen LogP contribution in [0.15, 0.2) is 89.8 Å². The molecule has 1 aliphatic rings. The highest BCUT2D eigenvalue weighted by molar-refractivity contribution is 7.89. The predicted molar refractivity (Wildman–Crippen MR) is 143 cm³/mol. The molecule has 194 valence electrons. The number of ketones is 2. The quantitative estimate of drug-likeness (QED) is 0.417. The second kappa shape index (κ2) is 11.1. The minimum Gasteiger partial charge on any atom is -0.380 e. The van der Waals surface area contributed by atoms with Crippen molar-refractivity contribution in [2.45, 2.75) is 56.1 Å². The van der Waals surface area contributed by atoms with E-state index in [4.69, 9.17) is 0 Å². The van der Waals surface area contributed by atoms with Crippen LogP contribution in [-0.4, -0.2) is 47.6 Å². The van der Waals surface area contributed by atoms with Crippen LogP contribution in [-0.2, 0) is 21.2 Å². The molecule has 1 saturated heterocycles. The van der Waals surface area contributed by atoms with Crippen molar-refractivity contribution in [2.75, 3.05) is 6.54 Å². The van der Waals surface area contributed by atoms with Gasteiger partial charge >= 0.3 is 0 Å². The Hall–Kier alpha value is -3.13. The lowest BCUT2D eigenvalue weighted by molar-refractivity contribution is -0.148. The minimum atomic E-state index is -4.00. The van der Waals surface area contributed by atoms with Gasteiger partial charge < -0.3 is 5.11 Å². The molecule has 1 aliphatic heterocycles. The zero-order valence-corrected chi connectivity index (χ0v) is 22.0. The van der Waals surface area contributed by atoms with Crippen molar-refractivity contribution in [1.29, 1.82) is 0 Å². The molecule has 1 N–H and O–H groups in total. The summed E-state index contributed by atoms with van der Waals surface area (Å²) in [5.41, 5.74) is 0.534. The zero-order chi connectivity index (χ0) is 26.6. The van der Waals surface area contributed by atoms with E-state index in [1.807, 2.05) is 43.3 Å². The van der Waals surface area contributed by atoms with Crippen molar-refractivity contribution in [3.8, 4) is 0 Å². The number of β-amino-alcohol motifs (C(OH)–C–C–N with tert-alkyl or cyclic N) is 1. The maximum absolute atomic E-state index is 13.8. The topological polar surface area (TPSA) is 91.8 Å². The van der Waals surface area contributed by atoms with E-state index in [9.17, 15) is 23.1 Å². The van der Waals surface area contributed by atoms with Crippen molar-refractivity contribution < 1.29 is 23.1 Å². The van der Waals surface area contributed by atoms with Gasteiger partial charge in [-0.2, -0.15) is 4.31 Å². The summed E-state index contributed by atoms with van der Waals surface area (Å²) >= 11 is 0. The Morgan fingerprint density at radius 2 is 1.54 bits per heavy atom. The first-order valence-corrected chi connectivity index (χ1v) is 14.0. The fraction of sp³-hybridized carbons (Fsp3) is 0.333. The fourth-order valence-corrected chi connectivity index (χ4v) is 6.82. The van der Waals surface area contributed by atoms with E-state index in [2.05, 4.69) is 0 Å². The summed E-state index contributed by atoms with van der Waals surface area (Å²) in [6, 6.07) is 24.6. The Bertz CT molecular complexity index is 1340. The van der Waals surface area contributed by atoms with E-state index in [-0.39, 0.29) is 30.1 Å². The van der Waals surface area contributed by atoms with Gasteiger partial charge in [0.2, 0.25) is 10.0 Å². The summed E-state index contributed by atoms with van der Waals surface area (Å²) in [5, 5.41) is 11.6. The summed E-state index contributed by atoms with van der Waals surface area (Å²) in [7, 11) is -4.00. The number of Topliss-reactive ketones (excluding diaryl/α,β-unsaturated/α-hetero) is 2. The van der Waals surface area contributed by atoms with Gasteiger partial charge in [0.1, 0.15) is 5.60 Å². The van der Waals surface area contributed by atoms with Crippen molar-refractivity contribution in [1.82, 2.24) is 4.31 Å². The third kappa shape index (κ3) is 5.90. The van der Waals surface area contributed by atoms with Gasteiger partial charge in [-0.05, 0) is 50.8 Å². The number of nitrogens with zero attached hydrogens (tertiary/aromatic N) is 1. The number of aryl methyl sites for hydroxylation is 2. The van der Waals surface area contributed by atoms with Gasteiger partial charge in [0.25, 0.3) is 0 Å². The van der Waals surface area contributed by atoms with Gasteiger partial charge in [-0.25, -0.2) is 8.42 Å². The molecule has 0 saturated carbocycles. The average Bonchev–Trinajstić information content (AvgIpc) is 2.90. The van der Waals surface area contributed by atoms with Gasteiger partial charge in [0, 0.05) is 23.9 Å². The Kier molecular flexibility index (Phi) is 8.07. The molecular weight excluding hydrogens is 486 g/mol. The molecule has 37 heavy (non-hydrogen) atoms.